The number of benzene rings is 1. The fraction of sp³-hybridized carbons (Fsp3) is 0.471. The molecule has 0 saturated heterocycles. The number of fused-ring (bicyclic) bond motifs is 1. The third-order valence-electron chi connectivity index (χ3n) is 3.69. The van der Waals surface area contributed by atoms with Gasteiger partial charge < -0.3 is 14.2 Å². The van der Waals surface area contributed by atoms with Gasteiger partial charge in [-0.2, -0.15) is 0 Å². The summed E-state index contributed by atoms with van der Waals surface area (Å²) in [6.45, 7) is 7.83. The number of hydrogen-bond acceptors (Lipinski definition) is 4. The number of amides is 1. The summed E-state index contributed by atoms with van der Waals surface area (Å²) < 4.78 is 6.82. The van der Waals surface area contributed by atoms with Crippen LogP contribution in [0.3, 0.4) is 0 Å². The minimum Gasteiger partial charge on any atom is -0.465 e. The van der Waals surface area contributed by atoms with Crippen molar-refractivity contribution < 1.29 is 14.3 Å². The van der Waals surface area contributed by atoms with Gasteiger partial charge in [0.05, 0.1) is 17.6 Å². The number of para-hydroxylation sites is 2. The Morgan fingerprint density at radius 3 is 2.65 bits per heavy atom. The molecule has 0 saturated carbocycles. The van der Waals surface area contributed by atoms with Crippen molar-refractivity contribution in [2.75, 3.05) is 13.2 Å². The lowest BCUT2D eigenvalue weighted by molar-refractivity contribution is -0.150. The first-order chi connectivity index (χ1) is 10.9. The zero-order valence-corrected chi connectivity index (χ0v) is 14.1. The second-order valence-corrected chi connectivity index (χ2v) is 5.65. The van der Waals surface area contributed by atoms with Gasteiger partial charge in [-0.1, -0.05) is 12.1 Å². The molecule has 0 unspecified atom stereocenters. The molecular formula is C17H23N3O3. The van der Waals surface area contributed by atoms with Crippen molar-refractivity contribution >= 4 is 22.9 Å². The maximum Gasteiger partial charge on any atom is 0.325 e. The third-order valence-corrected chi connectivity index (χ3v) is 3.69. The van der Waals surface area contributed by atoms with Gasteiger partial charge in [0.2, 0.25) is 5.91 Å². The zero-order chi connectivity index (χ0) is 17.0. The fourth-order valence-corrected chi connectivity index (χ4v) is 2.53. The highest BCUT2D eigenvalue weighted by Gasteiger charge is 2.22. The van der Waals surface area contributed by atoms with E-state index < -0.39 is 0 Å². The number of hydrogen-bond donors (Lipinski definition) is 0. The summed E-state index contributed by atoms with van der Waals surface area (Å²) in [7, 11) is 0. The second-order valence-electron chi connectivity index (χ2n) is 5.65. The SMILES string of the molecule is CCOC(=O)CN(C(=O)Cn1c(C)nc2ccccc21)C(C)C. The summed E-state index contributed by atoms with van der Waals surface area (Å²) in [6.07, 6.45) is 0. The minimum absolute atomic E-state index is 0.0317. The topological polar surface area (TPSA) is 64.4 Å². The molecule has 124 valence electrons. The van der Waals surface area contributed by atoms with Gasteiger partial charge in [0.25, 0.3) is 0 Å². The number of aryl methyl sites for hydroxylation is 1. The van der Waals surface area contributed by atoms with E-state index in [1.165, 1.54) is 4.90 Å². The van der Waals surface area contributed by atoms with Crippen LogP contribution in [-0.2, 0) is 20.9 Å². The lowest BCUT2D eigenvalue weighted by Gasteiger charge is -2.26. The molecule has 0 aliphatic carbocycles. The number of aromatic nitrogens is 2. The van der Waals surface area contributed by atoms with Crippen molar-refractivity contribution in [2.45, 2.75) is 40.3 Å². The third kappa shape index (κ3) is 3.88. The Balaban J connectivity index is 2.20. The number of imidazole rings is 1. The van der Waals surface area contributed by atoms with Gasteiger partial charge >= 0.3 is 5.97 Å². The van der Waals surface area contributed by atoms with E-state index in [4.69, 9.17) is 4.74 Å². The van der Waals surface area contributed by atoms with E-state index in [0.29, 0.717) is 6.61 Å². The van der Waals surface area contributed by atoms with Crippen LogP contribution in [0.1, 0.15) is 26.6 Å². The van der Waals surface area contributed by atoms with Gasteiger partial charge in [-0.3, -0.25) is 9.59 Å². The van der Waals surface area contributed by atoms with E-state index in [9.17, 15) is 9.59 Å². The predicted octanol–water partition coefficient (Wildman–Crippen LogP) is 2.14. The van der Waals surface area contributed by atoms with Gasteiger partial charge in [-0.15, -0.1) is 0 Å². The quantitative estimate of drug-likeness (QED) is 0.766. The van der Waals surface area contributed by atoms with Gasteiger partial charge in [0, 0.05) is 6.04 Å². The summed E-state index contributed by atoms with van der Waals surface area (Å²) in [5.74, 6) is 0.264. The predicted molar refractivity (Wildman–Crippen MR) is 88.0 cm³/mol. The molecule has 0 bridgehead atoms. The monoisotopic (exact) mass is 317 g/mol. The van der Waals surface area contributed by atoms with Gasteiger partial charge in [-0.05, 0) is 39.8 Å². The van der Waals surface area contributed by atoms with Gasteiger partial charge in [0.15, 0.2) is 0 Å². The molecule has 0 N–H and O–H groups in total. The Bertz CT molecular complexity index is 706. The molecule has 0 fully saturated rings. The summed E-state index contributed by atoms with van der Waals surface area (Å²) in [6, 6.07) is 7.61. The minimum atomic E-state index is -0.387. The van der Waals surface area contributed by atoms with Gasteiger partial charge in [-0.25, -0.2) is 4.98 Å². The molecule has 0 aliphatic heterocycles. The maximum atomic E-state index is 12.7. The molecule has 6 heteroatoms. The molecule has 0 atom stereocenters. The van der Waals surface area contributed by atoms with Crippen molar-refractivity contribution in [3.05, 3.63) is 30.1 Å². The van der Waals surface area contributed by atoms with Crippen molar-refractivity contribution in [3.8, 4) is 0 Å². The Labute approximate surface area is 136 Å². The fourth-order valence-electron chi connectivity index (χ4n) is 2.53. The van der Waals surface area contributed by atoms with Crippen LogP contribution in [-0.4, -0.2) is 45.5 Å². The molecular weight excluding hydrogens is 294 g/mol. The lowest BCUT2D eigenvalue weighted by Crippen LogP contribution is -2.43. The van der Waals surface area contributed by atoms with E-state index >= 15 is 0 Å². The number of esters is 1. The number of nitrogens with zero attached hydrogens (tertiary/aromatic N) is 3. The molecule has 2 aromatic rings. The molecule has 0 spiro atoms. The molecule has 0 aliphatic rings. The van der Waals surface area contributed by atoms with Crippen LogP contribution in [0.25, 0.3) is 11.0 Å². The van der Waals surface area contributed by atoms with E-state index in [-0.39, 0.29) is 31.0 Å². The normalized spacial score (nSPS) is 11.0. The Hall–Kier alpha value is -2.37. The Morgan fingerprint density at radius 2 is 2.00 bits per heavy atom. The van der Waals surface area contributed by atoms with Crippen molar-refractivity contribution in [2.24, 2.45) is 0 Å². The molecule has 23 heavy (non-hydrogen) atoms. The lowest BCUT2D eigenvalue weighted by atomic mass is 10.3. The molecule has 0 radical (unpaired) electrons. The first-order valence-corrected chi connectivity index (χ1v) is 7.81. The zero-order valence-electron chi connectivity index (χ0n) is 14.1. The highest BCUT2D eigenvalue weighted by molar-refractivity contribution is 5.84. The van der Waals surface area contributed by atoms with Crippen molar-refractivity contribution in [3.63, 3.8) is 0 Å². The van der Waals surface area contributed by atoms with Crippen LogP contribution >= 0.6 is 0 Å². The van der Waals surface area contributed by atoms with E-state index in [0.717, 1.165) is 16.9 Å². The van der Waals surface area contributed by atoms with E-state index in [1.54, 1.807) is 6.92 Å². The molecule has 2 rings (SSSR count). The Morgan fingerprint density at radius 1 is 1.30 bits per heavy atom. The molecule has 1 aromatic carbocycles. The van der Waals surface area contributed by atoms with Crippen LogP contribution < -0.4 is 0 Å². The van der Waals surface area contributed by atoms with Crippen LogP contribution in [0.15, 0.2) is 24.3 Å². The first kappa shape index (κ1) is 17.0. The first-order valence-electron chi connectivity index (χ1n) is 7.81. The highest BCUT2D eigenvalue weighted by atomic mass is 16.5. The number of ether oxygens (including phenoxy) is 1. The van der Waals surface area contributed by atoms with Crippen LogP contribution in [0.5, 0.6) is 0 Å². The smallest absolute Gasteiger partial charge is 0.325 e. The van der Waals surface area contributed by atoms with Crippen LogP contribution in [0.4, 0.5) is 0 Å². The molecule has 1 aromatic heterocycles. The summed E-state index contributed by atoms with van der Waals surface area (Å²) in [5.41, 5.74) is 1.78. The largest absolute Gasteiger partial charge is 0.465 e. The van der Waals surface area contributed by atoms with Crippen molar-refractivity contribution in [1.82, 2.24) is 14.5 Å². The number of rotatable bonds is 6. The summed E-state index contributed by atoms with van der Waals surface area (Å²) in [4.78, 5) is 30.4. The standard InChI is InChI=1S/C17H23N3O3/c1-5-23-17(22)11-19(12(2)3)16(21)10-20-13(4)18-14-8-6-7-9-15(14)20/h6-9,12H,5,10-11H2,1-4H3. The highest BCUT2D eigenvalue weighted by Crippen LogP contribution is 2.16. The average molecular weight is 317 g/mol. The molecule has 1 amide bonds. The average Bonchev–Trinajstić information content (AvgIpc) is 2.81. The van der Waals surface area contributed by atoms with E-state index in [2.05, 4.69) is 4.98 Å². The second kappa shape index (κ2) is 7.26. The summed E-state index contributed by atoms with van der Waals surface area (Å²) in [5, 5.41) is 0. The van der Waals surface area contributed by atoms with E-state index in [1.807, 2.05) is 49.6 Å². The number of carbonyl (C=O) groups excluding carboxylic acids is 2. The van der Waals surface area contributed by atoms with Gasteiger partial charge in [0.1, 0.15) is 18.9 Å². The molecule has 1 heterocycles. The summed E-state index contributed by atoms with van der Waals surface area (Å²) >= 11 is 0. The van der Waals surface area contributed by atoms with Crippen molar-refractivity contribution in [1.29, 1.82) is 0 Å². The number of carbonyl (C=O) groups is 2. The maximum absolute atomic E-state index is 12.7. The van der Waals surface area contributed by atoms with Crippen LogP contribution in [0, 0.1) is 6.92 Å². The Kier molecular flexibility index (Phi) is 5.36. The molecule has 6 nitrogen and oxygen atoms in total. The van der Waals surface area contributed by atoms with Crippen LogP contribution in [0.2, 0.25) is 0 Å².